The third-order valence-electron chi connectivity index (χ3n) is 2.91. The Hall–Kier alpha value is -1.45. The van der Waals surface area contributed by atoms with Crippen LogP contribution in [0.15, 0.2) is 12.4 Å². The fourth-order valence-electron chi connectivity index (χ4n) is 1.91. The minimum atomic E-state index is -0.297. The lowest BCUT2D eigenvalue weighted by Crippen LogP contribution is -2.22. The molecule has 1 heterocycles. The zero-order valence-electron chi connectivity index (χ0n) is 12.7. The van der Waals surface area contributed by atoms with Crippen molar-refractivity contribution in [2.45, 2.75) is 52.9 Å². The molecule has 0 aliphatic carbocycles. The fraction of sp³-hybridized carbons (Fsp3) is 0.667. The molecular formula is C15H24N2O2. The number of carbonyl (C=O) groups excluding carboxylic acids is 1. The average Bonchev–Trinajstić information content (AvgIpc) is 2.28. The first kappa shape index (κ1) is 15.6. The van der Waals surface area contributed by atoms with E-state index in [1.165, 1.54) is 0 Å². The first-order valence-corrected chi connectivity index (χ1v) is 6.76. The van der Waals surface area contributed by atoms with Gasteiger partial charge in [-0.2, -0.15) is 0 Å². The lowest BCUT2D eigenvalue weighted by molar-refractivity contribution is -0.146. The molecule has 4 heteroatoms. The van der Waals surface area contributed by atoms with E-state index in [4.69, 9.17) is 4.74 Å². The molecular weight excluding hydrogens is 240 g/mol. The van der Waals surface area contributed by atoms with Crippen LogP contribution in [0.4, 0.5) is 0 Å². The summed E-state index contributed by atoms with van der Waals surface area (Å²) in [6.07, 6.45) is 3.49. The second-order valence-corrected chi connectivity index (χ2v) is 6.06. The van der Waals surface area contributed by atoms with Crippen molar-refractivity contribution in [1.29, 1.82) is 0 Å². The van der Waals surface area contributed by atoms with Crippen LogP contribution in [0.5, 0.6) is 0 Å². The Labute approximate surface area is 115 Å². The Morgan fingerprint density at radius 1 is 1.26 bits per heavy atom. The van der Waals surface area contributed by atoms with Gasteiger partial charge < -0.3 is 4.74 Å². The highest BCUT2D eigenvalue weighted by molar-refractivity contribution is 5.78. The van der Waals surface area contributed by atoms with E-state index < -0.39 is 0 Å². The van der Waals surface area contributed by atoms with Crippen LogP contribution in [0.1, 0.15) is 58.8 Å². The second-order valence-electron chi connectivity index (χ2n) is 6.06. The van der Waals surface area contributed by atoms with Crippen molar-refractivity contribution in [1.82, 2.24) is 9.97 Å². The van der Waals surface area contributed by atoms with Gasteiger partial charge in [0.15, 0.2) is 0 Å². The molecule has 0 aliphatic heterocycles. The van der Waals surface area contributed by atoms with Gasteiger partial charge in [0.2, 0.25) is 0 Å². The Bertz CT molecular complexity index is 419. The SMILES string of the molecule is CCOC(=O)C(c1cnc(C(C)(C)C)nc1)C(C)C. The molecule has 1 rings (SSSR count). The van der Waals surface area contributed by atoms with Crippen LogP contribution in [0.25, 0.3) is 0 Å². The molecule has 0 aliphatic rings. The largest absolute Gasteiger partial charge is 0.466 e. The van der Waals surface area contributed by atoms with Gasteiger partial charge in [0.05, 0.1) is 12.5 Å². The van der Waals surface area contributed by atoms with Crippen LogP contribution in [-0.4, -0.2) is 22.5 Å². The summed E-state index contributed by atoms with van der Waals surface area (Å²) >= 11 is 0. The van der Waals surface area contributed by atoms with Gasteiger partial charge in [0, 0.05) is 23.4 Å². The zero-order chi connectivity index (χ0) is 14.6. The second kappa shape index (κ2) is 6.13. The Balaban J connectivity index is 3.02. The summed E-state index contributed by atoms with van der Waals surface area (Å²) in [5.74, 6) is 0.435. The number of hydrogen-bond donors (Lipinski definition) is 0. The van der Waals surface area contributed by atoms with Gasteiger partial charge in [-0.05, 0) is 12.8 Å². The summed E-state index contributed by atoms with van der Waals surface area (Å²) < 4.78 is 5.12. The number of hydrogen-bond acceptors (Lipinski definition) is 4. The zero-order valence-corrected chi connectivity index (χ0v) is 12.7. The van der Waals surface area contributed by atoms with E-state index in [0.29, 0.717) is 6.61 Å². The molecule has 0 spiro atoms. The van der Waals surface area contributed by atoms with Crippen molar-refractivity contribution in [3.8, 4) is 0 Å². The highest BCUT2D eigenvalue weighted by atomic mass is 16.5. The maximum atomic E-state index is 12.0. The van der Waals surface area contributed by atoms with Gasteiger partial charge in [-0.15, -0.1) is 0 Å². The molecule has 4 nitrogen and oxygen atoms in total. The number of esters is 1. The summed E-state index contributed by atoms with van der Waals surface area (Å²) in [7, 11) is 0. The smallest absolute Gasteiger partial charge is 0.313 e. The molecule has 1 aromatic rings. The van der Waals surface area contributed by atoms with Crippen molar-refractivity contribution < 1.29 is 9.53 Å². The first-order chi connectivity index (χ1) is 8.77. The molecule has 1 unspecified atom stereocenters. The summed E-state index contributed by atoms with van der Waals surface area (Å²) in [4.78, 5) is 20.7. The summed E-state index contributed by atoms with van der Waals surface area (Å²) in [5, 5.41) is 0. The van der Waals surface area contributed by atoms with Crippen molar-refractivity contribution in [2.75, 3.05) is 6.61 Å². The Kier molecular flexibility index (Phi) is 5.04. The molecule has 0 N–H and O–H groups in total. The number of aromatic nitrogens is 2. The van der Waals surface area contributed by atoms with E-state index in [9.17, 15) is 4.79 Å². The van der Waals surface area contributed by atoms with E-state index >= 15 is 0 Å². The average molecular weight is 264 g/mol. The topological polar surface area (TPSA) is 52.1 Å². The Morgan fingerprint density at radius 3 is 2.16 bits per heavy atom. The normalized spacial score (nSPS) is 13.4. The van der Waals surface area contributed by atoms with Crippen molar-refractivity contribution in [3.63, 3.8) is 0 Å². The molecule has 0 amide bonds. The lowest BCUT2D eigenvalue weighted by atomic mass is 9.90. The number of ether oxygens (including phenoxy) is 1. The molecule has 1 atom stereocenters. The third kappa shape index (κ3) is 4.01. The van der Waals surface area contributed by atoms with E-state index in [1.807, 2.05) is 20.8 Å². The van der Waals surface area contributed by atoms with Gasteiger partial charge in [0.25, 0.3) is 0 Å². The van der Waals surface area contributed by atoms with E-state index in [2.05, 4.69) is 30.7 Å². The predicted octanol–water partition coefficient (Wildman–Crippen LogP) is 3.08. The van der Waals surface area contributed by atoms with Crippen LogP contribution in [-0.2, 0) is 14.9 Å². The van der Waals surface area contributed by atoms with Crippen LogP contribution in [0.2, 0.25) is 0 Å². The van der Waals surface area contributed by atoms with Crippen LogP contribution in [0.3, 0.4) is 0 Å². The summed E-state index contributed by atoms with van der Waals surface area (Å²) in [6, 6.07) is 0. The van der Waals surface area contributed by atoms with Gasteiger partial charge in [-0.1, -0.05) is 34.6 Å². The first-order valence-electron chi connectivity index (χ1n) is 6.76. The van der Waals surface area contributed by atoms with Crippen LogP contribution >= 0.6 is 0 Å². The fourth-order valence-corrected chi connectivity index (χ4v) is 1.91. The van der Waals surface area contributed by atoms with Crippen molar-refractivity contribution in [2.24, 2.45) is 5.92 Å². The van der Waals surface area contributed by atoms with E-state index in [1.54, 1.807) is 12.4 Å². The van der Waals surface area contributed by atoms with Crippen LogP contribution < -0.4 is 0 Å². The molecule has 1 aromatic heterocycles. The Morgan fingerprint density at radius 2 is 1.79 bits per heavy atom. The third-order valence-corrected chi connectivity index (χ3v) is 2.91. The lowest BCUT2D eigenvalue weighted by Gasteiger charge is -2.21. The maximum absolute atomic E-state index is 12.0. The highest BCUT2D eigenvalue weighted by Gasteiger charge is 2.27. The molecule has 0 saturated heterocycles. The monoisotopic (exact) mass is 264 g/mol. The minimum absolute atomic E-state index is 0.0875. The highest BCUT2D eigenvalue weighted by Crippen LogP contribution is 2.26. The number of carbonyl (C=O) groups is 1. The summed E-state index contributed by atoms with van der Waals surface area (Å²) in [5.41, 5.74) is 0.733. The minimum Gasteiger partial charge on any atom is -0.466 e. The van der Waals surface area contributed by atoms with E-state index in [-0.39, 0.29) is 23.2 Å². The van der Waals surface area contributed by atoms with Gasteiger partial charge >= 0.3 is 5.97 Å². The summed E-state index contributed by atoms with van der Waals surface area (Å²) in [6.45, 7) is 12.4. The molecule has 19 heavy (non-hydrogen) atoms. The maximum Gasteiger partial charge on any atom is 0.313 e. The standard InChI is InChI=1S/C15H24N2O2/c1-7-19-13(18)12(10(2)3)11-8-16-14(17-9-11)15(4,5)6/h8-10,12H,7H2,1-6H3. The van der Waals surface area contributed by atoms with Gasteiger partial charge in [-0.25, -0.2) is 9.97 Å². The quantitative estimate of drug-likeness (QED) is 0.784. The predicted molar refractivity (Wildman–Crippen MR) is 74.9 cm³/mol. The van der Waals surface area contributed by atoms with Gasteiger partial charge in [-0.3, -0.25) is 4.79 Å². The van der Waals surface area contributed by atoms with E-state index in [0.717, 1.165) is 11.4 Å². The number of rotatable bonds is 4. The van der Waals surface area contributed by atoms with Gasteiger partial charge in [0.1, 0.15) is 5.82 Å². The molecule has 0 radical (unpaired) electrons. The molecule has 0 fully saturated rings. The molecule has 106 valence electrons. The number of nitrogens with zero attached hydrogens (tertiary/aromatic N) is 2. The molecule has 0 bridgehead atoms. The van der Waals surface area contributed by atoms with Crippen molar-refractivity contribution in [3.05, 3.63) is 23.8 Å². The van der Waals surface area contributed by atoms with Crippen molar-refractivity contribution >= 4 is 5.97 Å². The molecule has 0 saturated carbocycles. The molecule has 0 aromatic carbocycles. The van der Waals surface area contributed by atoms with Crippen LogP contribution in [0, 0.1) is 5.92 Å².